The van der Waals surface area contributed by atoms with Crippen molar-refractivity contribution in [1.29, 1.82) is 0 Å². The monoisotopic (exact) mass is 245 g/mol. The second-order valence-electron chi connectivity index (χ2n) is 3.71. The number of carbonyl (C=O) groups is 1. The molecule has 2 nitrogen and oxygen atoms in total. The Bertz CT molecular complexity index is 389. The molecule has 0 saturated carbocycles. The summed E-state index contributed by atoms with van der Waals surface area (Å²) in [7, 11) is 0. The Morgan fingerprint density at radius 3 is 2.24 bits per heavy atom. The summed E-state index contributed by atoms with van der Waals surface area (Å²) in [6, 6.07) is 2.45. The van der Waals surface area contributed by atoms with Gasteiger partial charge < -0.3 is 0 Å². The number of halogens is 3. The maximum Gasteiger partial charge on any atom is 0.356 e. The maximum absolute atomic E-state index is 13.2. The summed E-state index contributed by atoms with van der Waals surface area (Å²) in [5.74, 6) is -0.866. The van der Waals surface area contributed by atoms with Gasteiger partial charge in [0.2, 0.25) is 0 Å². The van der Waals surface area contributed by atoms with Gasteiger partial charge in [0.15, 0.2) is 6.67 Å². The van der Waals surface area contributed by atoms with Gasteiger partial charge >= 0.3 is 6.05 Å². The predicted molar refractivity (Wildman–Crippen MR) is 58.8 cm³/mol. The fraction of sp³-hybridized carbons (Fsp3) is 0.417. The zero-order chi connectivity index (χ0) is 13.1. The van der Waals surface area contributed by atoms with Crippen molar-refractivity contribution in [2.45, 2.75) is 19.9 Å². The molecular weight excluding hydrogens is 231 g/mol. The minimum atomic E-state index is -3.75. The van der Waals surface area contributed by atoms with E-state index in [4.69, 9.17) is 0 Å². The van der Waals surface area contributed by atoms with E-state index < -0.39 is 18.6 Å². The van der Waals surface area contributed by atoms with Gasteiger partial charge in [-0.15, -0.1) is 0 Å². The fourth-order valence-corrected chi connectivity index (χ4v) is 1.45. The SMILES string of the molecule is CCN(C(=O)c1ccc(C)cc1)C(F)(F)CF. The van der Waals surface area contributed by atoms with Crippen LogP contribution in [-0.2, 0) is 0 Å². The Hall–Kier alpha value is -1.52. The summed E-state index contributed by atoms with van der Waals surface area (Å²) in [4.78, 5) is 12.0. The Balaban J connectivity index is 2.98. The van der Waals surface area contributed by atoms with E-state index in [1.165, 1.54) is 19.1 Å². The van der Waals surface area contributed by atoms with Gasteiger partial charge in [-0.1, -0.05) is 17.7 Å². The van der Waals surface area contributed by atoms with E-state index in [9.17, 15) is 18.0 Å². The van der Waals surface area contributed by atoms with E-state index in [-0.39, 0.29) is 17.0 Å². The standard InChI is InChI=1S/C12H14F3NO/c1-3-16(12(14,15)8-13)11(17)10-6-4-9(2)5-7-10/h4-7H,3,8H2,1-2H3. The number of nitrogens with zero attached hydrogens (tertiary/aromatic N) is 1. The lowest BCUT2D eigenvalue weighted by Crippen LogP contribution is -2.47. The van der Waals surface area contributed by atoms with Crippen LogP contribution < -0.4 is 0 Å². The average molecular weight is 245 g/mol. The quantitative estimate of drug-likeness (QED) is 0.747. The molecule has 0 spiro atoms. The zero-order valence-corrected chi connectivity index (χ0v) is 9.71. The van der Waals surface area contributed by atoms with Crippen molar-refractivity contribution in [2.24, 2.45) is 0 Å². The summed E-state index contributed by atoms with van der Waals surface area (Å²) >= 11 is 0. The molecule has 1 amide bonds. The number of hydrogen-bond acceptors (Lipinski definition) is 1. The van der Waals surface area contributed by atoms with Crippen molar-refractivity contribution in [2.75, 3.05) is 13.2 Å². The van der Waals surface area contributed by atoms with E-state index in [1.54, 1.807) is 12.1 Å². The summed E-state index contributed by atoms with van der Waals surface area (Å²) < 4.78 is 38.5. The van der Waals surface area contributed by atoms with Crippen LogP contribution in [-0.4, -0.2) is 30.1 Å². The number of aryl methyl sites for hydroxylation is 1. The van der Waals surface area contributed by atoms with Gasteiger partial charge in [0.25, 0.3) is 5.91 Å². The molecule has 0 atom stereocenters. The number of carbonyl (C=O) groups excluding carboxylic acids is 1. The van der Waals surface area contributed by atoms with Gasteiger partial charge in [-0.25, -0.2) is 4.39 Å². The Labute approximate surface area is 98.0 Å². The first-order chi connectivity index (χ1) is 7.92. The van der Waals surface area contributed by atoms with Gasteiger partial charge in [-0.05, 0) is 26.0 Å². The third-order valence-electron chi connectivity index (χ3n) is 2.42. The first-order valence-electron chi connectivity index (χ1n) is 5.24. The highest BCUT2D eigenvalue weighted by atomic mass is 19.3. The molecule has 17 heavy (non-hydrogen) atoms. The smallest absolute Gasteiger partial charge is 0.277 e. The van der Waals surface area contributed by atoms with Crippen LogP contribution in [0.1, 0.15) is 22.8 Å². The van der Waals surface area contributed by atoms with Crippen LogP contribution in [0.5, 0.6) is 0 Å². The fourth-order valence-electron chi connectivity index (χ4n) is 1.45. The van der Waals surface area contributed by atoms with Gasteiger partial charge in [0.05, 0.1) is 0 Å². The molecule has 0 aromatic heterocycles. The van der Waals surface area contributed by atoms with Crippen molar-refractivity contribution in [3.05, 3.63) is 35.4 Å². The molecule has 94 valence electrons. The van der Waals surface area contributed by atoms with E-state index in [2.05, 4.69) is 0 Å². The predicted octanol–water partition coefficient (Wildman–Crippen LogP) is 3.02. The van der Waals surface area contributed by atoms with Crippen LogP contribution in [0.15, 0.2) is 24.3 Å². The summed E-state index contributed by atoms with van der Waals surface area (Å²) in [6.07, 6.45) is 0. The normalized spacial score (nSPS) is 11.4. The Morgan fingerprint density at radius 2 is 1.82 bits per heavy atom. The van der Waals surface area contributed by atoms with E-state index >= 15 is 0 Å². The maximum atomic E-state index is 13.2. The molecule has 0 aliphatic heterocycles. The van der Waals surface area contributed by atoms with Gasteiger partial charge in [0, 0.05) is 12.1 Å². The molecular formula is C12H14F3NO. The molecule has 1 aromatic carbocycles. The average Bonchev–Trinajstić information content (AvgIpc) is 2.30. The largest absolute Gasteiger partial charge is 0.356 e. The number of benzene rings is 1. The molecule has 5 heteroatoms. The van der Waals surface area contributed by atoms with Crippen LogP contribution in [0.4, 0.5) is 13.2 Å². The molecule has 0 heterocycles. The van der Waals surface area contributed by atoms with Crippen LogP contribution in [0.25, 0.3) is 0 Å². The second-order valence-corrected chi connectivity index (χ2v) is 3.71. The number of rotatable bonds is 4. The lowest BCUT2D eigenvalue weighted by atomic mass is 10.1. The first-order valence-corrected chi connectivity index (χ1v) is 5.24. The molecule has 0 bridgehead atoms. The molecule has 1 rings (SSSR count). The Kier molecular flexibility index (Phi) is 4.15. The molecule has 0 N–H and O–H groups in total. The van der Waals surface area contributed by atoms with Crippen LogP contribution in [0.3, 0.4) is 0 Å². The molecule has 0 unspecified atom stereocenters. The summed E-state index contributed by atoms with van der Waals surface area (Å²) in [5, 5.41) is 0. The van der Waals surface area contributed by atoms with Crippen molar-refractivity contribution in [3.8, 4) is 0 Å². The third-order valence-corrected chi connectivity index (χ3v) is 2.42. The van der Waals surface area contributed by atoms with E-state index in [1.807, 2.05) is 6.92 Å². The van der Waals surface area contributed by atoms with Gasteiger partial charge in [-0.2, -0.15) is 8.78 Å². The molecule has 1 aromatic rings. The topological polar surface area (TPSA) is 20.3 Å². The minimum Gasteiger partial charge on any atom is -0.277 e. The number of hydrogen-bond donors (Lipinski definition) is 0. The van der Waals surface area contributed by atoms with Crippen molar-refractivity contribution in [1.82, 2.24) is 4.90 Å². The van der Waals surface area contributed by atoms with E-state index in [0.717, 1.165) is 5.56 Å². The lowest BCUT2D eigenvalue weighted by Gasteiger charge is -2.28. The highest BCUT2D eigenvalue weighted by Crippen LogP contribution is 2.22. The number of amides is 1. The molecule has 0 saturated heterocycles. The molecule has 0 aliphatic carbocycles. The Morgan fingerprint density at radius 1 is 1.29 bits per heavy atom. The molecule has 0 radical (unpaired) electrons. The first kappa shape index (κ1) is 13.5. The van der Waals surface area contributed by atoms with E-state index in [0.29, 0.717) is 0 Å². The van der Waals surface area contributed by atoms with Crippen LogP contribution in [0.2, 0.25) is 0 Å². The second kappa shape index (κ2) is 5.21. The highest BCUT2D eigenvalue weighted by molar-refractivity contribution is 5.94. The summed E-state index contributed by atoms with van der Waals surface area (Å²) in [6.45, 7) is 1.08. The number of alkyl halides is 3. The van der Waals surface area contributed by atoms with Crippen molar-refractivity contribution < 1.29 is 18.0 Å². The zero-order valence-electron chi connectivity index (χ0n) is 9.71. The summed E-state index contributed by atoms with van der Waals surface area (Å²) in [5.41, 5.74) is 1.05. The molecule has 0 fully saturated rings. The van der Waals surface area contributed by atoms with Crippen molar-refractivity contribution >= 4 is 5.91 Å². The lowest BCUT2D eigenvalue weighted by molar-refractivity contribution is -0.134. The van der Waals surface area contributed by atoms with Gasteiger partial charge in [0.1, 0.15) is 0 Å². The van der Waals surface area contributed by atoms with Crippen LogP contribution >= 0.6 is 0 Å². The minimum absolute atomic E-state index is 0.130. The van der Waals surface area contributed by atoms with Gasteiger partial charge in [-0.3, -0.25) is 9.69 Å². The third kappa shape index (κ3) is 2.99. The van der Waals surface area contributed by atoms with Crippen LogP contribution in [0, 0.1) is 6.92 Å². The molecule has 0 aliphatic rings. The highest BCUT2D eigenvalue weighted by Gasteiger charge is 2.39. The van der Waals surface area contributed by atoms with Crippen molar-refractivity contribution in [3.63, 3.8) is 0 Å².